The lowest BCUT2D eigenvalue weighted by Gasteiger charge is -2.32. The minimum atomic E-state index is -2.70. The van der Waals surface area contributed by atoms with Gasteiger partial charge in [-0.25, -0.2) is 0 Å². The van der Waals surface area contributed by atoms with Crippen molar-refractivity contribution in [3.8, 4) is 33.4 Å². The van der Waals surface area contributed by atoms with Crippen molar-refractivity contribution in [1.82, 2.24) is 0 Å². The van der Waals surface area contributed by atoms with E-state index in [1.807, 2.05) is 0 Å². The molecule has 2 aliphatic rings. The van der Waals surface area contributed by atoms with Crippen molar-refractivity contribution < 1.29 is 0 Å². The van der Waals surface area contributed by atoms with Gasteiger partial charge in [0.15, 0.2) is 8.07 Å². The molecule has 0 saturated heterocycles. The molecule has 0 saturated carbocycles. The number of benzene rings is 10. The van der Waals surface area contributed by atoms with Crippen LogP contribution in [-0.4, -0.2) is 8.07 Å². The Morgan fingerprint density at radius 3 is 1.66 bits per heavy atom. The molecule has 10 aromatic rings. The lowest BCUT2D eigenvalue weighted by atomic mass is 9.78. The maximum atomic E-state index is 2.43. The summed E-state index contributed by atoms with van der Waals surface area (Å²) in [7, 11) is -2.70. The first-order valence-corrected chi connectivity index (χ1v) is 24.4. The van der Waals surface area contributed by atoms with E-state index in [9.17, 15) is 0 Å². The third-order valence-corrected chi connectivity index (χ3v) is 18.6. The number of allylic oxidation sites excluding steroid dienone is 1. The highest BCUT2D eigenvalue weighted by molar-refractivity contribution is 7.23. The van der Waals surface area contributed by atoms with E-state index in [1.165, 1.54) is 81.6 Å². The van der Waals surface area contributed by atoms with E-state index in [4.69, 9.17) is 0 Å². The van der Waals surface area contributed by atoms with Gasteiger partial charge in [0.1, 0.15) is 0 Å². The lowest BCUT2D eigenvalue weighted by Crippen LogP contribution is -2.72. The fourth-order valence-electron chi connectivity index (χ4n) is 10.9. The van der Waals surface area contributed by atoms with Crippen molar-refractivity contribution in [3.05, 3.63) is 265 Å². The van der Waals surface area contributed by atoms with Crippen molar-refractivity contribution in [3.63, 3.8) is 0 Å². The molecule has 302 valence electrons. The summed E-state index contributed by atoms with van der Waals surface area (Å²) in [4.78, 5) is 2.43. The van der Waals surface area contributed by atoms with Crippen LogP contribution in [0.1, 0.15) is 29.0 Å². The number of rotatable bonds is 8. The summed E-state index contributed by atoms with van der Waals surface area (Å²) >= 11 is 0. The second-order valence-electron chi connectivity index (χ2n) is 17.1. The molecule has 0 spiro atoms. The van der Waals surface area contributed by atoms with E-state index in [-0.39, 0.29) is 0 Å². The smallest absolute Gasteiger partial charge is 0.181 e. The van der Waals surface area contributed by atoms with Crippen LogP contribution in [0.4, 0.5) is 17.1 Å². The van der Waals surface area contributed by atoms with Gasteiger partial charge in [-0.05, 0) is 124 Å². The molecule has 64 heavy (non-hydrogen) atoms. The third-order valence-electron chi connectivity index (χ3n) is 13.7. The van der Waals surface area contributed by atoms with Gasteiger partial charge in [-0.15, -0.1) is 0 Å². The molecule has 0 radical (unpaired) electrons. The summed E-state index contributed by atoms with van der Waals surface area (Å²) in [5.41, 5.74) is 15.1. The molecule has 1 atom stereocenters. The quantitative estimate of drug-likeness (QED) is 0.138. The van der Waals surface area contributed by atoms with Crippen LogP contribution in [0, 0.1) is 0 Å². The van der Waals surface area contributed by atoms with Gasteiger partial charge in [-0.3, -0.25) is 0 Å². The van der Waals surface area contributed by atoms with Crippen LogP contribution in [0.15, 0.2) is 249 Å². The first kappa shape index (κ1) is 37.9. The molecule has 1 aliphatic heterocycles. The van der Waals surface area contributed by atoms with E-state index in [2.05, 4.69) is 260 Å². The number of fused-ring (bicyclic) bond motifs is 6. The SMILES string of the molecule is C1=Cc2cccc(-c3ccc(N(c4ccc(-c5ccccc5)cc4)c4ccc5c6c(ccc5c4)-c4ccccc4[Si]6(c4ccccc4)c4ccccc4)cc3)c2C(c2ccccc2)C1. The van der Waals surface area contributed by atoms with Gasteiger partial charge in [0.05, 0.1) is 0 Å². The van der Waals surface area contributed by atoms with Gasteiger partial charge >= 0.3 is 0 Å². The van der Waals surface area contributed by atoms with E-state index in [0.29, 0.717) is 5.92 Å². The monoisotopic (exact) mass is 831 g/mol. The number of hydrogen-bond acceptors (Lipinski definition) is 1. The Bertz CT molecular complexity index is 3280. The molecule has 0 amide bonds. The van der Waals surface area contributed by atoms with E-state index < -0.39 is 8.07 Å². The minimum Gasteiger partial charge on any atom is -0.310 e. The van der Waals surface area contributed by atoms with Gasteiger partial charge in [0.2, 0.25) is 0 Å². The van der Waals surface area contributed by atoms with Gasteiger partial charge < -0.3 is 4.90 Å². The lowest BCUT2D eigenvalue weighted by molar-refractivity contribution is 0.821. The standard InChI is InChI=1S/C62H45NSi/c1-5-17-44(18-6-1)45-31-36-50(37-32-45)63(51-38-33-47(34-39-51)56-29-16-22-48-21-15-28-55(61(48)56)46-19-7-2-8-20-46)52-40-42-57-49(43-52)35-41-59-58-27-13-14-30-60(58)64(62(57)59,53-23-9-3-10-24-53)54-25-11-4-12-26-54/h1-27,29-43,55H,28H2. The predicted octanol–water partition coefficient (Wildman–Crippen LogP) is 13.6. The van der Waals surface area contributed by atoms with Crippen LogP contribution in [0.5, 0.6) is 0 Å². The van der Waals surface area contributed by atoms with Gasteiger partial charge in [-0.1, -0.05) is 218 Å². The first-order chi connectivity index (χ1) is 31.8. The molecule has 1 aliphatic carbocycles. The van der Waals surface area contributed by atoms with Gasteiger partial charge in [-0.2, -0.15) is 0 Å². The Morgan fingerprint density at radius 1 is 0.406 bits per heavy atom. The normalized spacial score (nSPS) is 14.4. The van der Waals surface area contributed by atoms with Crippen molar-refractivity contribution in [2.75, 3.05) is 4.90 Å². The minimum absolute atomic E-state index is 0.314. The summed E-state index contributed by atoms with van der Waals surface area (Å²) in [5, 5.41) is 8.33. The van der Waals surface area contributed by atoms with Crippen molar-refractivity contribution >= 4 is 62.7 Å². The van der Waals surface area contributed by atoms with Crippen molar-refractivity contribution in [1.29, 1.82) is 0 Å². The molecule has 1 heterocycles. The number of anilines is 3. The number of hydrogen-bond donors (Lipinski definition) is 0. The summed E-state index contributed by atoms with van der Waals surface area (Å²) in [6.45, 7) is 0. The highest BCUT2D eigenvalue weighted by Crippen LogP contribution is 2.43. The van der Waals surface area contributed by atoms with E-state index >= 15 is 0 Å². The summed E-state index contributed by atoms with van der Waals surface area (Å²) in [6.07, 6.45) is 5.62. The fourth-order valence-corrected chi connectivity index (χ4v) is 16.3. The van der Waals surface area contributed by atoms with Crippen LogP contribution in [0.25, 0.3) is 50.2 Å². The Hall–Kier alpha value is -7.78. The van der Waals surface area contributed by atoms with Crippen molar-refractivity contribution in [2.24, 2.45) is 0 Å². The van der Waals surface area contributed by atoms with E-state index in [1.54, 1.807) is 0 Å². The zero-order valence-corrected chi connectivity index (χ0v) is 36.5. The largest absolute Gasteiger partial charge is 0.310 e. The molecule has 0 aromatic heterocycles. The zero-order valence-electron chi connectivity index (χ0n) is 35.5. The molecular formula is C62H45NSi. The van der Waals surface area contributed by atoms with Crippen LogP contribution < -0.4 is 25.6 Å². The Kier molecular flexibility index (Phi) is 9.39. The molecular weight excluding hydrogens is 787 g/mol. The van der Waals surface area contributed by atoms with Crippen molar-refractivity contribution in [2.45, 2.75) is 12.3 Å². The number of nitrogens with zero attached hydrogens (tertiary/aromatic N) is 1. The molecule has 1 unspecified atom stereocenters. The molecule has 1 nitrogen and oxygen atoms in total. The van der Waals surface area contributed by atoms with Gasteiger partial charge in [0.25, 0.3) is 0 Å². The third kappa shape index (κ3) is 6.21. The van der Waals surface area contributed by atoms with Gasteiger partial charge in [0, 0.05) is 23.0 Å². The Balaban J connectivity index is 1.02. The second-order valence-corrected chi connectivity index (χ2v) is 20.8. The highest BCUT2D eigenvalue weighted by Gasteiger charge is 2.49. The van der Waals surface area contributed by atoms with Crippen LogP contribution in [0.2, 0.25) is 0 Å². The van der Waals surface area contributed by atoms with E-state index in [0.717, 1.165) is 23.5 Å². The Morgan fingerprint density at radius 2 is 0.969 bits per heavy atom. The first-order valence-electron chi connectivity index (χ1n) is 22.4. The fraction of sp³-hybridized carbons (Fsp3) is 0.0323. The maximum Gasteiger partial charge on any atom is 0.181 e. The van der Waals surface area contributed by atoms with Crippen LogP contribution >= 0.6 is 0 Å². The molecule has 0 fully saturated rings. The Labute approximate surface area is 376 Å². The molecule has 0 N–H and O–H groups in total. The maximum absolute atomic E-state index is 2.70. The van der Waals surface area contributed by atoms with Crippen LogP contribution in [-0.2, 0) is 0 Å². The average molecular weight is 832 g/mol. The summed E-state index contributed by atoms with van der Waals surface area (Å²) < 4.78 is 0. The highest BCUT2D eigenvalue weighted by atomic mass is 28.3. The molecule has 12 rings (SSSR count). The average Bonchev–Trinajstić information content (AvgIpc) is 3.69. The second kappa shape index (κ2) is 15.8. The molecule has 2 heteroatoms. The molecule has 10 aromatic carbocycles. The zero-order chi connectivity index (χ0) is 42.5. The predicted molar refractivity (Wildman–Crippen MR) is 274 cm³/mol. The summed E-state index contributed by atoms with van der Waals surface area (Å²) in [5.74, 6) is 0.314. The topological polar surface area (TPSA) is 3.24 Å². The molecule has 0 bridgehead atoms. The summed E-state index contributed by atoms with van der Waals surface area (Å²) in [6, 6.07) is 90.4. The van der Waals surface area contributed by atoms with Crippen LogP contribution in [0.3, 0.4) is 0 Å².